The lowest BCUT2D eigenvalue weighted by atomic mass is 9.93. The highest BCUT2D eigenvalue weighted by atomic mass is 16.3. The predicted octanol–water partition coefficient (Wildman–Crippen LogP) is 1.15. The molecule has 4 nitrogen and oxygen atoms in total. The van der Waals surface area contributed by atoms with Gasteiger partial charge < -0.3 is 10.4 Å². The third-order valence-corrected chi connectivity index (χ3v) is 5.25. The summed E-state index contributed by atoms with van der Waals surface area (Å²) in [5, 5.41) is 13.5. The van der Waals surface area contributed by atoms with Crippen LogP contribution in [0.2, 0.25) is 0 Å². The summed E-state index contributed by atoms with van der Waals surface area (Å²) in [5.74, 6) is 0.681. The smallest absolute Gasteiger partial charge is 0.0628 e. The lowest BCUT2D eigenvalue weighted by molar-refractivity contribution is 0.0972. The molecule has 20 heavy (non-hydrogen) atoms. The molecule has 2 rings (SSSR count). The highest BCUT2D eigenvalue weighted by molar-refractivity contribution is 5.03. The van der Waals surface area contributed by atoms with Crippen molar-refractivity contribution in [2.45, 2.75) is 51.6 Å². The van der Waals surface area contributed by atoms with Gasteiger partial charge in [0, 0.05) is 19.1 Å². The van der Waals surface area contributed by atoms with E-state index in [9.17, 15) is 5.11 Å². The highest BCUT2D eigenvalue weighted by Crippen LogP contribution is 2.40. The maximum atomic E-state index is 9.95. The predicted molar refractivity (Wildman–Crippen MR) is 84.0 cm³/mol. The van der Waals surface area contributed by atoms with Crippen molar-refractivity contribution in [2.75, 3.05) is 45.9 Å². The Morgan fingerprint density at radius 3 is 2.40 bits per heavy atom. The van der Waals surface area contributed by atoms with Gasteiger partial charge in [0.2, 0.25) is 0 Å². The third-order valence-electron chi connectivity index (χ3n) is 5.25. The Labute approximate surface area is 124 Å². The first-order chi connectivity index (χ1) is 9.69. The largest absolute Gasteiger partial charge is 0.394 e. The van der Waals surface area contributed by atoms with Crippen LogP contribution >= 0.6 is 0 Å². The molecule has 1 aliphatic heterocycles. The third kappa shape index (κ3) is 3.53. The van der Waals surface area contributed by atoms with E-state index in [2.05, 4.69) is 35.9 Å². The summed E-state index contributed by atoms with van der Waals surface area (Å²) < 4.78 is 0. The van der Waals surface area contributed by atoms with Gasteiger partial charge in [-0.1, -0.05) is 20.8 Å². The van der Waals surface area contributed by atoms with Crippen LogP contribution in [0, 0.1) is 5.92 Å². The molecule has 1 saturated heterocycles. The monoisotopic (exact) mass is 283 g/mol. The molecule has 0 spiro atoms. The Balaban J connectivity index is 1.92. The summed E-state index contributed by atoms with van der Waals surface area (Å²) in [6.45, 7) is 13.5. The fraction of sp³-hybridized carbons (Fsp3) is 1.00. The molecular formula is C16H33N3O. The van der Waals surface area contributed by atoms with E-state index in [0.29, 0.717) is 12.0 Å². The molecule has 0 aromatic carbocycles. The second kappa shape index (κ2) is 7.21. The number of rotatable bonds is 9. The van der Waals surface area contributed by atoms with Gasteiger partial charge in [-0.05, 0) is 51.4 Å². The van der Waals surface area contributed by atoms with Crippen LogP contribution in [0.15, 0.2) is 0 Å². The molecule has 1 heterocycles. The number of likely N-dealkylation sites (N-methyl/N-ethyl adjacent to an activating group) is 2. The number of nitrogens with one attached hydrogen (secondary N) is 1. The molecule has 0 aromatic heterocycles. The van der Waals surface area contributed by atoms with Crippen molar-refractivity contribution in [3.8, 4) is 0 Å². The number of nitrogens with zero attached hydrogens (tertiary/aromatic N) is 2. The van der Waals surface area contributed by atoms with Gasteiger partial charge in [-0.3, -0.25) is 9.80 Å². The molecule has 1 aliphatic carbocycles. The van der Waals surface area contributed by atoms with E-state index in [1.807, 2.05) is 0 Å². The lowest BCUT2D eigenvalue weighted by Gasteiger charge is -2.37. The van der Waals surface area contributed by atoms with E-state index in [4.69, 9.17) is 0 Å². The molecule has 0 radical (unpaired) electrons. The van der Waals surface area contributed by atoms with Crippen molar-refractivity contribution in [3.05, 3.63) is 0 Å². The maximum Gasteiger partial charge on any atom is 0.0628 e. The first-order valence-electron chi connectivity index (χ1n) is 8.51. The first kappa shape index (κ1) is 16.2. The minimum Gasteiger partial charge on any atom is -0.394 e. The van der Waals surface area contributed by atoms with Crippen LogP contribution in [0.4, 0.5) is 0 Å². The molecule has 0 aromatic rings. The molecule has 1 saturated carbocycles. The standard InChI is InChI=1S/C16H33N3O/c1-4-17-16(13-20,14-7-8-14)12-18-10-9-15(11-18)19(5-2)6-3/h14-15,17,20H,4-13H2,1-3H3. The zero-order valence-electron chi connectivity index (χ0n) is 13.6. The van der Waals surface area contributed by atoms with Crippen LogP contribution < -0.4 is 5.32 Å². The minimum absolute atomic E-state index is 0.0487. The van der Waals surface area contributed by atoms with Gasteiger partial charge in [-0.2, -0.15) is 0 Å². The number of aliphatic hydroxyl groups is 1. The quantitative estimate of drug-likeness (QED) is 0.666. The van der Waals surface area contributed by atoms with Gasteiger partial charge in [0.1, 0.15) is 0 Å². The SMILES string of the molecule is CCNC(CO)(CN1CCC(N(CC)CC)C1)C1CC1. The van der Waals surface area contributed by atoms with E-state index in [-0.39, 0.29) is 12.1 Å². The summed E-state index contributed by atoms with van der Waals surface area (Å²) >= 11 is 0. The van der Waals surface area contributed by atoms with Gasteiger partial charge in [0.25, 0.3) is 0 Å². The van der Waals surface area contributed by atoms with Crippen molar-refractivity contribution in [1.82, 2.24) is 15.1 Å². The van der Waals surface area contributed by atoms with E-state index >= 15 is 0 Å². The zero-order chi connectivity index (χ0) is 14.6. The van der Waals surface area contributed by atoms with Crippen LogP contribution in [0.5, 0.6) is 0 Å². The van der Waals surface area contributed by atoms with Gasteiger partial charge in [-0.15, -0.1) is 0 Å². The Kier molecular flexibility index (Phi) is 5.84. The Hall–Kier alpha value is -0.160. The summed E-state index contributed by atoms with van der Waals surface area (Å²) in [6.07, 6.45) is 3.84. The van der Waals surface area contributed by atoms with Crippen LogP contribution in [0.3, 0.4) is 0 Å². The molecule has 0 amide bonds. The molecular weight excluding hydrogens is 250 g/mol. The van der Waals surface area contributed by atoms with Gasteiger partial charge in [0.15, 0.2) is 0 Å². The van der Waals surface area contributed by atoms with Crippen molar-refractivity contribution < 1.29 is 5.11 Å². The van der Waals surface area contributed by atoms with Crippen LogP contribution in [0.1, 0.15) is 40.0 Å². The molecule has 2 unspecified atom stereocenters. The van der Waals surface area contributed by atoms with E-state index in [1.54, 1.807) is 0 Å². The first-order valence-corrected chi connectivity index (χ1v) is 8.51. The lowest BCUT2D eigenvalue weighted by Crippen LogP contribution is -2.58. The summed E-state index contributed by atoms with van der Waals surface area (Å²) in [6, 6.07) is 0.710. The number of hydrogen-bond donors (Lipinski definition) is 2. The van der Waals surface area contributed by atoms with Crippen molar-refractivity contribution in [2.24, 2.45) is 5.92 Å². The Morgan fingerprint density at radius 2 is 1.90 bits per heavy atom. The fourth-order valence-corrected chi connectivity index (χ4v) is 3.95. The van der Waals surface area contributed by atoms with Crippen LogP contribution in [-0.2, 0) is 0 Å². The maximum absolute atomic E-state index is 9.95. The molecule has 0 bridgehead atoms. The van der Waals surface area contributed by atoms with Gasteiger partial charge in [0.05, 0.1) is 12.1 Å². The molecule has 2 atom stereocenters. The minimum atomic E-state index is -0.0487. The average molecular weight is 283 g/mol. The molecule has 2 N–H and O–H groups in total. The second-order valence-corrected chi connectivity index (χ2v) is 6.52. The molecule has 118 valence electrons. The second-order valence-electron chi connectivity index (χ2n) is 6.52. The summed E-state index contributed by atoms with van der Waals surface area (Å²) in [5.41, 5.74) is -0.0487. The van der Waals surface area contributed by atoms with Crippen molar-refractivity contribution in [1.29, 1.82) is 0 Å². The zero-order valence-corrected chi connectivity index (χ0v) is 13.6. The van der Waals surface area contributed by atoms with Crippen molar-refractivity contribution in [3.63, 3.8) is 0 Å². The van der Waals surface area contributed by atoms with Crippen LogP contribution in [0.25, 0.3) is 0 Å². The highest BCUT2D eigenvalue weighted by Gasteiger charge is 2.46. The molecule has 4 heteroatoms. The van der Waals surface area contributed by atoms with E-state index in [0.717, 1.165) is 26.2 Å². The fourth-order valence-electron chi connectivity index (χ4n) is 3.95. The normalized spacial score (nSPS) is 27.1. The molecule has 2 aliphatic rings. The van der Waals surface area contributed by atoms with Gasteiger partial charge in [-0.25, -0.2) is 0 Å². The summed E-state index contributed by atoms with van der Waals surface area (Å²) in [7, 11) is 0. The Morgan fingerprint density at radius 1 is 1.20 bits per heavy atom. The van der Waals surface area contributed by atoms with E-state index < -0.39 is 0 Å². The van der Waals surface area contributed by atoms with Crippen molar-refractivity contribution >= 4 is 0 Å². The topological polar surface area (TPSA) is 38.7 Å². The van der Waals surface area contributed by atoms with Gasteiger partial charge >= 0.3 is 0 Å². The van der Waals surface area contributed by atoms with Crippen LogP contribution in [-0.4, -0.2) is 72.4 Å². The Bertz CT molecular complexity index is 291. The van der Waals surface area contributed by atoms with E-state index in [1.165, 1.54) is 32.4 Å². The molecule has 2 fully saturated rings. The average Bonchev–Trinajstić information content (AvgIpc) is 3.22. The summed E-state index contributed by atoms with van der Waals surface area (Å²) in [4.78, 5) is 5.14. The number of likely N-dealkylation sites (tertiary alicyclic amines) is 1. The number of hydrogen-bond acceptors (Lipinski definition) is 4. The number of aliphatic hydroxyl groups excluding tert-OH is 1.